The van der Waals surface area contributed by atoms with Gasteiger partial charge in [0.1, 0.15) is 0 Å². The Kier molecular flexibility index (Phi) is 3.09. The molecule has 0 aliphatic carbocycles. The highest BCUT2D eigenvalue weighted by Crippen LogP contribution is 2.20. The zero-order valence-corrected chi connectivity index (χ0v) is 8.23. The summed E-state index contributed by atoms with van der Waals surface area (Å²) in [5.74, 6) is 0.0937. The number of ether oxygens (including phenoxy) is 1. The van der Waals surface area contributed by atoms with Gasteiger partial charge in [-0.1, -0.05) is 6.92 Å². The third-order valence-electron chi connectivity index (χ3n) is 2.25. The van der Waals surface area contributed by atoms with Crippen LogP contribution >= 0.6 is 0 Å². The van der Waals surface area contributed by atoms with Crippen LogP contribution in [-0.4, -0.2) is 33.9 Å². The summed E-state index contributed by atoms with van der Waals surface area (Å²) in [6, 6.07) is 0. The Balaban J connectivity index is 2.72. The second kappa shape index (κ2) is 3.72. The second-order valence-corrected chi connectivity index (χ2v) is 5.23. The summed E-state index contributed by atoms with van der Waals surface area (Å²) in [4.78, 5) is 0. The van der Waals surface area contributed by atoms with Gasteiger partial charge >= 0.3 is 0 Å². The van der Waals surface area contributed by atoms with Crippen LogP contribution in [0.2, 0.25) is 0 Å². The molecule has 1 aliphatic heterocycles. The van der Waals surface area contributed by atoms with E-state index < -0.39 is 10.0 Å². The van der Waals surface area contributed by atoms with E-state index in [0.717, 1.165) is 0 Å². The van der Waals surface area contributed by atoms with Crippen molar-refractivity contribution in [1.82, 2.24) is 4.72 Å². The first-order valence-corrected chi connectivity index (χ1v) is 5.62. The summed E-state index contributed by atoms with van der Waals surface area (Å²) >= 11 is 0. The minimum Gasteiger partial charge on any atom is -0.381 e. The first kappa shape index (κ1) is 9.95. The van der Waals surface area contributed by atoms with Crippen molar-refractivity contribution in [1.29, 1.82) is 0 Å². The minimum absolute atomic E-state index is 0.0937. The van der Waals surface area contributed by atoms with Gasteiger partial charge in [0, 0.05) is 6.61 Å². The lowest BCUT2D eigenvalue weighted by atomic mass is 10.0. The highest BCUT2D eigenvalue weighted by Gasteiger charge is 2.32. The Bertz CT molecular complexity index is 237. The third-order valence-corrected chi connectivity index (χ3v) is 4.31. The van der Waals surface area contributed by atoms with E-state index in [-0.39, 0.29) is 11.2 Å². The Morgan fingerprint density at radius 2 is 2.17 bits per heavy atom. The van der Waals surface area contributed by atoms with E-state index in [0.29, 0.717) is 19.6 Å². The fourth-order valence-electron chi connectivity index (χ4n) is 1.47. The highest BCUT2D eigenvalue weighted by atomic mass is 32.2. The molecule has 0 aromatic rings. The van der Waals surface area contributed by atoms with Crippen LogP contribution in [0.25, 0.3) is 0 Å². The lowest BCUT2D eigenvalue weighted by molar-refractivity contribution is 0.0635. The first-order valence-electron chi connectivity index (χ1n) is 4.08. The highest BCUT2D eigenvalue weighted by molar-refractivity contribution is 7.90. The summed E-state index contributed by atoms with van der Waals surface area (Å²) in [7, 11) is -1.64. The maximum Gasteiger partial charge on any atom is 0.214 e. The molecule has 12 heavy (non-hydrogen) atoms. The van der Waals surface area contributed by atoms with Gasteiger partial charge in [-0.15, -0.1) is 0 Å². The van der Waals surface area contributed by atoms with Gasteiger partial charge in [-0.3, -0.25) is 0 Å². The average molecular weight is 193 g/mol. The molecule has 0 aromatic carbocycles. The van der Waals surface area contributed by atoms with Crippen LogP contribution in [0.1, 0.15) is 13.3 Å². The van der Waals surface area contributed by atoms with Crippen LogP contribution in [0.15, 0.2) is 0 Å². The van der Waals surface area contributed by atoms with Gasteiger partial charge in [0.05, 0.1) is 11.9 Å². The standard InChI is InChI=1S/C7H15NO3S/c1-6-5-11-4-3-7(6)12(9,10)8-2/h6-8H,3-5H2,1-2H3. The molecule has 5 heteroatoms. The molecule has 0 bridgehead atoms. The molecule has 1 rings (SSSR count). The summed E-state index contributed by atoms with van der Waals surface area (Å²) in [5, 5.41) is -0.281. The molecular weight excluding hydrogens is 178 g/mol. The molecule has 0 radical (unpaired) electrons. The normalized spacial score (nSPS) is 31.8. The number of hydrogen-bond acceptors (Lipinski definition) is 3. The summed E-state index contributed by atoms with van der Waals surface area (Å²) in [6.07, 6.45) is 0.602. The topological polar surface area (TPSA) is 55.4 Å². The molecule has 4 nitrogen and oxygen atoms in total. The molecule has 2 atom stereocenters. The van der Waals surface area contributed by atoms with Crippen LogP contribution < -0.4 is 4.72 Å². The Hall–Kier alpha value is -0.130. The van der Waals surface area contributed by atoms with Crippen molar-refractivity contribution in [3.8, 4) is 0 Å². The van der Waals surface area contributed by atoms with Crippen LogP contribution in [0.5, 0.6) is 0 Å². The molecule has 1 heterocycles. The van der Waals surface area contributed by atoms with Gasteiger partial charge in [0.25, 0.3) is 0 Å². The van der Waals surface area contributed by atoms with E-state index in [1.165, 1.54) is 7.05 Å². The summed E-state index contributed by atoms with van der Waals surface area (Å²) in [6.45, 7) is 3.00. The first-order chi connectivity index (χ1) is 5.58. The fraction of sp³-hybridized carbons (Fsp3) is 1.00. The number of sulfonamides is 1. The summed E-state index contributed by atoms with van der Waals surface area (Å²) in [5.41, 5.74) is 0. The van der Waals surface area contributed by atoms with Crippen LogP contribution in [0, 0.1) is 5.92 Å². The summed E-state index contributed by atoms with van der Waals surface area (Å²) < 4.78 is 30.3. The van der Waals surface area contributed by atoms with E-state index in [2.05, 4.69) is 4.72 Å². The Morgan fingerprint density at radius 3 is 2.67 bits per heavy atom. The molecular formula is C7H15NO3S. The van der Waals surface area contributed by atoms with E-state index in [1.54, 1.807) is 0 Å². The molecule has 0 amide bonds. The molecule has 0 spiro atoms. The van der Waals surface area contributed by atoms with Crippen LogP contribution in [0.3, 0.4) is 0 Å². The predicted octanol–water partition coefficient (Wildman–Crippen LogP) is -0.0394. The lowest BCUT2D eigenvalue weighted by Gasteiger charge is -2.27. The van der Waals surface area contributed by atoms with Crippen molar-refractivity contribution in [2.75, 3.05) is 20.3 Å². The zero-order valence-electron chi connectivity index (χ0n) is 7.41. The predicted molar refractivity (Wildman–Crippen MR) is 46.4 cm³/mol. The largest absolute Gasteiger partial charge is 0.381 e. The van der Waals surface area contributed by atoms with Crippen LogP contribution in [-0.2, 0) is 14.8 Å². The van der Waals surface area contributed by atoms with Gasteiger partial charge in [0.15, 0.2) is 0 Å². The quantitative estimate of drug-likeness (QED) is 0.669. The van der Waals surface area contributed by atoms with Gasteiger partial charge in [-0.25, -0.2) is 13.1 Å². The molecule has 0 aromatic heterocycles. The van der Waals surface area contributed by atoms with E-state index in [4.69, 9.17) is 4.74 Å². The maximum atomic E-state index is 11.4. The van der Waals surface area contributed by atoms with Gasteiger partial charge in [-0.2, -0.15) is 0 Å². The fourth-order valence-corrected chi connectivity index (χ4v) is 2.87. The van der Waals surface area contributed by atoms with Crippen molar-refractivity contribution < 1.29 is 13.2 Å². The number of hydrogen-bond donors (Lipinski definition) is 1. The Morgan fingerprint density at radius 1 is 1.50 bits per heavy atom. The molecule has 72 valence electrons. The second-order valence-electron chi connectivity index (χ2n) is 3.13. The lowest BCUT2D eigenvalue weighted by Crippen LogP contribution is -2.41. The molecule has 1 fully saturated rings. The van der Waals surface area contributed by atoms with Crippen molar-refractivity contribution in [3.63, 3.8) is 0 Å². The number of rotatable bonds is 2. The smallest absolute Gasteiger partial charge is 0.214 e. The molecule has 2 unspecified atom stereocenters. The van der Waals surface area contributed by atoms with Crippen molar-refractivity contribution in [2.24, 2.45) is 5.92 Å². The van der Waals surface area contributed by atoms with Gasteiger partial charge in [0.2, 0.25) is 10.0 Å². The molecule has 0 saturated carbocycles. The average Bonchev–Trinajstić information content (AvgIpc) is 2.05. The zero-order chi connectivity index (χ0) is 9.19. The maximum absolute atomic E-state index is 11.4. The van der Waals surface area contributed by atoms with Crippen molar-refractivity contribution >= 4 is 10.0 Å². The minimum atomic E-state index is -3.10. The van der Waals surface area contributed by atoms with E-state index in [1.807, 2.05) is 6.92 Å². The van der Waals surface area contributed by atoms with Crippen LogP contribution in [0.4, 0.5) is 0 Å². The van der Waals surface area contributed by atoms with E-state index >= 15 is 0 Å². The monoisotopic (exact) mass is 193 g/mol. The molecule has 1 aliphatic rings. The van der Waals surface area contributed by atoms with Crippen molar-refractivity contribution in [2.45, 2.75) is 18.6 Å². The third kappa shape index (κ3) is 1.97. The molecule has 1 N–H and O–H groups in total. The van der Waals surface area contributed by atoms with E-state index in [9.17, 15) is 8.42 Å². The Labute approximate surface area is 73.3 Å². The van der Waals surface area contributed by atoms with Gasteiger partial charge < -0.3 is 4.74 Å². The van der Waals surface area contributed by atoms with Gasteiger partial charge in [-0.05, 0) is 19.4 Å². The SMILES string of the molecule is CNS(=O)(=O)C1CCOCC1C. The molecule has 1 saturated heterocycles. The number of nitrogens with one attached hydrogen (secondary N) is 1. The van der Waals surface area contributed by atoms with Crippen molar-refractivity contribution in [3.05, 3.63) is 0 Å².